The summed E-state index contributed by atoms with van der Waals surface area (Å²) in [5, 5.41) is 14.5. The second kappa shape index (κ2) is 8.63. The van der Waals surface area contributed by atoms with Gasteiger partial charge < -0.3 is 15.2 Å². The van der Waals surface area contributed by atoms with Gasteiger partial charge in [-0.05, 0) is 85.8 Å². The van der Waals surface area contributed by atoms with Crippen LogP contribution in [0.25, 0.3) is 0 Å². The lowest BCUT2D eigenvalue weighted by Gasteiger charge is -2.58. The van der Waals surface area contributed by atoms with E-state index in [1.54, 1.807) is 24.3 Å². The molecule has 4 aliphatic rings. The summed E-state index contributed by atoms with van der Waals surface area (Å²) < 4.78 is 18.6. The average molecular weight is 468 g/mol. The molecule has 182 valence electrons. The Balaban J connectivity index is 1.25. The quantitative estimate of drug-likeness (QED) is 0.636. The first kappa shape index (κ1) is 23.3. The monoisotopic (exact) mass is 467 g/mol. The van der Waals surface area contributed by atoms with E-state index < -0.39 is 6.10 Å². The number of benzene rings is 1. The molecule has 1 amide bonds. The Labute approximate surface area is 200 Å². The number of halogens is 1. The number of amides is 1. The van der Waals surface area contributed by atoms with Gasteiger partial charge in [0.2, 0.25) is 5.91 Å². The van der Waals surface area contributed by atoms with Crippen molar-refractivity contribution < 1.29 is 23.8 Å². The van der Waals surface area contributed by atoms with Crippen LogP contribution in [0, 0.1) is 40.3 Å². The van der Waals surface area contributed by atoms with E-state index in [2.05, 4.69) is 19.2 Å². The molecule has 2 N–H and O–H groups in total. The fourth-order valence-electron chi connectivity index (χ4n) is 7.75. The fourth-order valence-corrected chi connectivity index (χ4v) is 7.75. The molecule has 3 saturated carbocycles. The predicted molar refractivity (Wildman–Crippen MR) is 126 cm³/mol. The molecule has 1 aromatic rings. The van der Waals surface area contributed by atoms with E-state index in [9.17, 15) is 19.1 Å². The summed E-state index contributed by atoms with van der Waals surface area (Å²) in [7, 11) is 0. The van der Waals surface area contributed by atoms with E-state index in [4.69, 9.17) is 4.74 Å². The van der Waals surface area contributed by atoms with Gasteiger partial charge in [-0.1, -0.05) is 25.5 Å². The third-order valence-corrected chi connectivity index (χ3v) is 9.29. The van der Waals surface area contributed by atoms with E-state index >= 15 is 0 Å². The Morgan fingerprint density at radius 3 is 2.74 bits per heavy atom. The molecule has 6 heteroatoms. The third kappa shape index (κ3) is 3.80. The van der Waals surface area contributed by atoms with E-state index in [0.29, 0.717) is 37.2 Å². The number of fused-ring (bicyclic) bond motifs is 5. The van der Waals surface area contributed by atoms with Gasteiger partial charge >= 0.3 is 0 Å². The van der Waals surface area contributed by atoms with Crippen LogP contribution in [0.15, 0.2) is 48.1 Å². The van der Waals surface area contributed by atoms with E-state index in [-0.39, 0.29) is 40.2 Å². The number of carbonyl (C=O) groups is 2. The Bertz CT molecular complexity index is 1030. The van der Waals surface area contributed by atoms with E-state index in [0.717, 1.165) is 31.3 Å². The highest BCUT2D eigenvalue weighted by Gasteiger charge is 2.62. The molecule has 0 spiro atoms. The molecule has 1 aromatic carbocycles. The molecular formula is C28H34FNO4. The number of nitrogens with one attached hydrogen (secondary N) is 1. The van der Waals surface area contributed by atoms with Gasteiger partial charge in [-0.2, -0.15) is 0 Å². The van der Waals surface area contributed by atoms with Crippen LogP contribution in [-0.4, -0.2) is 36.1 Å². The van der Waals surface area contributed by atoms with Crippen molar-refractivity contribution in [1.29, 1.82) is 0 Å². The van der Waals surface area contributed by atoms with Crippen molar-refractivity contribution in [2.45, 2.75) is 52.1 Å². The Morgan fingerprint density at radius 1 is 1.21 bits per heavy atom. The smallest absolute Gasteiger partial charge is 0.223 e. The SMILES string of the molecule is CC12C=CC(=O)C=C1CCC1C2C(O)CC2(C)C(C(=O)NCCOc3ccc(F)cc3)CCC12. The summed E-state index contributed by atoms with van der Waals surface area (Å²) >= 11 is 0. The van der Waals surface area contributed by atoms with Crippen LogP contribution in [-0.2, 0) is 9.59 Å². The second-order valence-corrected chi connectivity index (χ2v) is 11.0. The van der Waals surface area contributed by atoms with Crippen molar-refractivity contribution in [3.05, 3.63) is 53.9 Å². The van der Waals surface area contributed by atoms with Crippen molar-refractivity contribution in [3.8, 4) is 5.75 Å². The molecule has 34 heavy (non-hydrogen) atoms. The fraction of sp³-hybridized carbons (Fsp3) is 0.571. The summed E-state index contributed by atoms with van der Waals surface area (Å²) in [5.41, 5.74) is 0.626. The largest absolute Gasteiger partial charge is 0.492 e. The highest BCUT2D eigenvalue weighted by molar-refractivity contribution is 6.01. The molecular weight excluding hydrogens is 433 g/mol. The molecule has 5 rings (SSSR count). The van der Waals surface area contributed by atoms with Crippen molar-refractivity contribution in [3.63, 3.8) is 0 Å². The molecule has 0 aromatic heterocycles. The number of allylic oxidation sites excluding steroid dienone is 4. The van der Waals surface area contributed by atoms with Gasteiger partial charge in [0.25, 0.3) is 0 Å². The molecule has 0 aliphatic heterocycles. The van der Waals surface area contributed by atoms with Gasteiger partial charge in [-0.3, -0.25) is 9.59 Å². The zero-order chi connectivity index (χ0) is 24.1. The van der Waals surface area contributed by atoms with Crippen molar-refractivity contribution >= 4 is 11.7 Å². The Morgan fingerprint density at radius 2 is 1.97 bits per heavy atom. The van der Waals surface area contributed by atoms with Gasteiger partial charge in [0.1, 0.15) is 18.2 Å². The predicted octanol–water partition coefficient (Wildman–Crippen LogP) is 4.22. The van der Waals surface area contributed by atoms with Crippen LogP contribution in [0.3, 0.4) is 0 Å². The number of ketones is 1. The van der Waals surface area contributed by atoms with Gasteiger partial charge in [0.15, 0.2) is 5.78 Å². The summed E-state index contributed by atoms with van der Waals surface area (Å²) in [6, 6.07) is 5.84. The minimum Gasteiger partial charge on any atom is -0.492 e. The van der Waals surface area contributed by atoms with Gasteiger partial charge in [-0.25, -0.2) is 4.39 Å². The standard InChI is InChI=1S/C28H34FNO4/c1-27-12-11-19(31)15-17(27)3-8-21-22-9-10-23(28(22,2)16-24(32)25(21)27)26(33)30-13-14-34-20-6-4-18(29)5-7-20/h4-7,11-12,15,21-25,32H,3,8-10,13-14,16H2,1-2H3,(H,30,33). The zero-order valence-electron chi connectivity index (χ0n) is 19.9. The molecule has 0 saturated heterocycles. The molecule has 0 radical (unpaired) electrons. The van der Waals surface area contributed by atoms with E-state index in [1.807, 2.05) is 6.08 Å². The third-order valence-electron chi connectivity index (χ3n) is 9.29. The molecule has 7 atom stereocenters. The number of ether oxygens (including phenoxy) is 1. The number of aliphatic hydroxyl groups excluding tert-OH is 1. The summed E-state index contributed by atoms with van der Waals surface area (Å²) in [6.45, 7) is 5.06. The molecule has 5 nitrogen and oxygen atoms in total. The lowest BCUT2D eigenvalue weighted by Crippen LogP contribution is -2.57. The lowest BCUT2D eigenvalue weighted by atomic mass is 9.47. The lowest BCUT2D eigenvalue weighted by molar-refractivity contribution is -0.140. The van der Waals surface area contributed by atoms with Crippen molar-refractivity contribution in [1.82, 2.24) is 5.32 Å². The van der Waals surface area contributed by atoms with Crippen LogP contribution in [0.1, 0.15) is 46.0 Å². The minimum absolute atomic E-state index is 0.0316. The number of rotatable bonds is 5. The van der Waals surface area contributed by atoms with Crippen LogP contribution in [0.4, 0.5) is 4.39 Å². The maximum absolute atomic E-state index is 13.2. The van der Waals surface area contributed by atoms with Gasteiger partial charge in [0.05, 0.1) is 12.6 Å². The highest BCUT2D eigenvalue weighted by atomic mass is 19.1. The normalized spacial score (nSPS) is 38.4. The highest BCUT2D eigenvalue weighted by Crippen LogP contribution is 2.65. The first-order chi connectivity index (χ1) is 16.2. The molecule has 3 fully saturated rings. The first-order valence-electron chi connectivity index (χ1n) is 12.5. The maximum Gasteiger partial charge on any atom is 0.223 e. The van der Waals surface area contributed by atoms with Crippen LogP contribution < -0.4 is 10.1 Å². The average Bonchev–Trinajstić information content (AvgIpc) is 3.14. The van der Waals surface area contributed by atoms with Crippen molar-refractivity contribution in [2.24, 2.45) is 34.5 Å². The van der Waals surface area contributed by atoms with Crippen molar-refractivity contribution in [2.75, 3.05) is 13.2 Å². The van der Waals surface area contributed by atoms with E-state index in [1.165, 1.54) is 12.1 Å². The summed E-state index contributed by atoms with van der Waals surface area (Å²) in [6.07, 6.45) is 9.21. The maximum atomic E-state index is 13.2. The first-order valence-corrected chi connectivity index (χ1v) is 12.5. The topological polar surface area (TPSA) is 75.6 Å². The minimum atomic E-state index is -0.506. The number of carbonyl (C=O) groups excluding carboxylic acids is 2. The second-order valence-electron chi connectivity index (χ2n) is 11.0. The Hall–Kier alpha value is -2.47. The number of hydrogen-bond acceptors (Lipinski definition) is 4. The van der Waals surface area contributed by atoms with Crippen LogP contribution >= 0.6 is 0 Å². The van der Waals surface area contributed by atoms with Gasteiger partial charge in [-0.15, -0.1) is 0 Å². The number of hydrogen-bond donors (Lipinski definition) is 2. The molecule has 7 unspecified atom stereocenters. The number of aliphatic hydroxyl groups is 1. The van der Waals surface area contributed by atoms with Gasteiger partial charge in [0, 0.05) is 17.3 Å². The molecule has 0 bridgehead atoms. The van der Waals surface area contributed by atoms with Crippen LogP contribution in [0.2, 0.25) is 0 Å². The zero-order valence-corrected chi connectivity index (χ0v) is 19.9. The summed E-state index contributed by atoms with van der Waals surface area (Å²) in [5.74, 6) is 1.01. The molecule has 4 aliphatic carbocycles. The van der Waals surface area contributed by atoms with Crippen LogP contribution in [0.5, 0.6) is 5.75 Å². The summed E-state index contributed by atoms with van der Waals surface area (Å²) in [4.78, 5) is 25.2. The Kier molecular flexibility index (Phi) is 5.91. The molecule has 0 heterocycles.